The zero-order valence-electron chi connectivity index (χ0n) is 13.3. The summed E-state index contributed by atoms with van der Waals surface area (Å²) in [5.41, 5.74) is 5.06. The SMILES string of the molecule is C=C(CC)C12CCC(c3cc(CCC)n(C)n3)(CC1)C2. The van der Waals surface area contributed by atoms with Crippen LogP contribution in [0.25, 0.3) is 0 Å². The van der Waals surface area contributed by atoms with Crippen molar-refractivity contribution in [2.45, 2.75) is 70.6 Å². The Bertz CT molecular complexity index is 516. The van der Waals surface area contributed by atoms with Gasteiger partial charge in [-0.1, -0.05) is 32.4 Å². The summed E-state index contributed by atoms with van der Waals surface area (Å²) in [5.74, 6) is 0. The Balaban J connectivity index is 1.89. The summed E-state index contributed by atoms with van der Waals surface area (Å²) in [6, 6.07) is 2.39. The van der Waals surface area contributed by atoms with E-state index in [-0.39, 0.29) is 0 Å². The Kier molecular flexibility index (Phi) is 3.30. The first-order valence-electron chi connectivity index (χ1n) is 8.27. The van der Waals surface area contributed by atoms with Crippen LogP contribution < -0.4 is 0 Å². The molecule has 2 nitrogen and oxygen atoms in total. The molecular formula is C18H28N2. The molecule has 2 bridgehead atoms. The lowest BCUT2D eigenvalue weighted by Crippen LogP contribution is -2.20. The first-order valence-corrected chi connectivity index (χ1v) is 8.27. The molecule has 2 aliphatic rings. The van der Waals surface area contributed by atoms with Crippen LogP contribution in [0.15, 0.2) is 18.2 Å². The van der Waals surface area contributed by atoms with Crippen molar-refractivity contribution in [3.8, 4) is 0 Å². The van der Waals surface area contributed by atoms with Crippen molar-refractivity contribution in [2.75, 3.05) is 0 Å². The monoisotopic (exact) mass is 272 g/mol. The van der Waals surface area contributed by atoms with Gasteiger partial charge >= 0.3 is 0 Å². The Labute approximate surface area is 123 Å². The van der Waals surface area contributed by atoms with Crippen LogP contribution in [0.1, 0.15) is 70.2 Å². The highest BCUT2D eigenvalue weighted by Crippen LogP contribution is 2.64. The van der Waals surface area contributed by atoms with Gasteiger partial charge in [-0.2, -0.15) is 5.10 Å². The zero-order valence-corrected chi connectivity index (χ0v) is 13.3. The van der Waals surface area contributed by atoms with Crippen LogP contribution in [0.3, 0.4) is 0 Å². The molecule has 110 valence electrons. The maximum atomic E-state index is 4.88. The standard InChI is InChI=1S/C18H28N2/c1-5-7-15-12-16(19-20(15)4)18-10-8-17(13-18,9-11-18)14(3)6-2/h12H,3,5-11,13H2,1-2,4H3. The molecule has 20 heavy (non-hydrogen) atoms. The highest BCUT2D eigenvalue weighted by molar-refractivity contribution is 5.31. The van der Waals surface area contributed by atoms with E-state index >= 15 is 0 Å². The summed E-state index contributed by atoms with van der Waals surface area (Å²) in [6.07, 6.45) is 10.1. The fourth-order valence-corrected chi connectivity index (χ4v) is 4.66. The van der Waals surface area contributed by atoms with Gasteiger partial charge in [-0.25, -0.2) is 0 Å². The van der Waals surface area contributed by atoms with E-state index in [2.05, 4.69) is 38.2 Å². The number of aryl methyl sites for hydroxylation is 2. The van der Waals surface area contributed by atoms with E-state index in [1.165, 1.54) is 55.5 Å². The van der Waals surface area contributed by atoms with Crippen LogP contribution in [-0.4, -0.2) is 9.78 Å². The maximum Gasteiger partial charge on any atom is 0.0689 e. The number of allylic oxidation sites excluding steroid dienone is 1. The number of aromatic nitrogens is 2. The van der Waals surface area contributed by atoms with E-state index in [4.69, 9.17) is 5.10 Å². The highest BCUT2D eigenvalue weighted by atomic mass is 15.3. The van der Waals surface area contributed by atoms with Gasteiger partial charge in [-0.15, -0.1) is 0 Å². The third-order valence-corrected chi connectivity index (χ3v) is 6.04. The lowest BCUT2D eigenvalue weighted by atomic mass is 9.76. The summed E-state index contributed by atoms with van der Waals surface area (Å²) >= 11 is 0. The minimum atomic E-state index is 0.363. The molecule has 2 heteroatoms. The van der Waals surface area contributed by atoms with E-state index in [0.717, 1.165) is 12.8 Å². The summed E-state index contributed by atoms with van der Waals surface area (Å²) in [7, 11) is 2.10. The fraction of sp³-hybridized carbons (Fsp3) is 0.722. The Hall–Kier alpha value is -1.05. The molecule has 0 atom stereocenters. The van der Waals surface area contributed by atoms with Gasteiger partial charge in [0.25, 0.3) is 0 Å². The molecule has 0 unspecified atom stereocenters. The molecule has 0 aliphatic heterocycles. The van der Waals surface area contributed by atoms with Crippen molar-refractivity contribution < 1.29 is 0 Å². The van der Waals surface area contributed by atoms with Gasteiger partial charge in [0.05, 0.1) is 5.69 Å². The molecule has 0 aromatic carbocycles. The van der Waals surface area contributed by atoms with Crippen molar-refractivity contribution in [1.82, 2.24) is 9.78 Å². The molecule has 2 fully saturated rings. The van der Waals surface area contributed by atoms with E-state index in [1.54, 1.807) is 0 Å². The summed E-state index contributed by atoms with van der Waals surface area (Å²) in [5, 5.41) is 4.88. The van der Waals surface area contributed by atoms with Crippen LogP contribution in [0.5, 0.6) is 0 Å². The number of hydrogen-bond donors (Lipinski definition) is 0. The number of nitrogens with zero attached hydrogens (tertiary/aromatic N) is 2. The minimum Gasteiger partial charge on any atom is -0.272 e. The normalized spacial score (nSPS) is 31.9. The third kappa shape index (κ3) is 1.88. The van der Waals surface area contributed by atoms with Gasteiger partial charge in [0.2, 0.25) is 0 Å². The topological polar surface area (TPSA) is 17.8 Å². The first kappa shape index (κ1) is 13.9. The van der Waals surface area contributed by atoms with Gasteiger partial charge in [0.15, 0.2) is 0 Å². The number of hydrogen-bond acceptors (Lipinski definition) is 1. The Morgan fingerprint density at radius 2 is 2.00 bits per heavy atom. The Morgan fingerprint density at radius 3 is 2.60 bits per heavy atom. The van der Waals surface area contributed by atoms with Gasteiger partial charge in [0, 0.05) is 18.2 Å². The molecule has 1 aromatic heterocycles. The van der Waals surface area contributed by atoms with E-state index in [0.29, 0.717) is 10.8 Å². The lowest BCUT2D eigenvalue weighted by molar-refractivity contribution is 0.344. The lowest BCUT2D eigenvalue weighted by Gasteiger charge is -2.28. The fourth-order valence-electron chi connectivity index (χ4n) is 4.66. The van der Waals surface area contributed by atoms with Crippen LogP contribution in [0, 0.1) is 5.41 Å². The van der Waals surface area contributed by atoms with Crippen LogP contribution in [-0.2, 0) is 18.9 Å². The largest absolute Gasteiger partial charge is 0.272 e. The minimum absolute atomic E-state index is 0.363. The van der Waals surface area contributed by atoms with Gasteiger partial charge in [-0.3, -0.25) is 4.68 Å². The molecule has 2 aliphatic carbocycles. The maximum absolute atomic E-state index is 4.88. The molecule has 1 heterocycles. The van der Waals surface area contributed by atoms with Gasteiger partial charge in [-0.05, 0) is 56.4 Å². The van der Waals surface area contributed by atoms with Crippen LogP contribution in [0.2, 0.25) is 0 Å². The van der Waals surface area contributed by atoms with Crippen molar-refractivity contribution >= 4 is 0 Å². The third-order valence-electron chi connectivity index (χ3n) is 6.04. The molecule has 0 saturated heterocycles. The predicted molar refractivity (Wildman–Crippen MR) is 83.8 cm³/mol. The van der Waals surface area contributed by atoms with Crippen LogP contribution in [0.4, 0.5) is 0 Å². The average molecular weight is 272 g/mol. The second-order valence-electron chi connectivity index (χ2n) is 7.09. The van der Waals surface area contributed by atoms with Crippen molar-refractivity contribution in [3.05, 3.63) is 29.6 Å². The van der Waals surface area contributed by atoms with Crippen molar-refractivity contribution in [3.63, 3.8) is 0 Å². The molecule has 2 saturated carbocycles. The molecule has 0 N–H and O–H groups in total. The second kappa shape index (κ2) is 4.75. The highest BCUT2D eigenvalue weighted by Gasteiger charge is 2.56. The molecule has 1 aromatic rings. The van der Waals surface area contributed by atoms with E-state index < -0.39 is 0 Å². The first-order chi connectivity index (χ1) is 9.55. The quantitative estimate of drug-likeness (QED) is 0.719. The van der Waals surface area contributed by atoms with Gasteiger partial charge in [0.1, 0.15) is 0 Å². The number of rotatable bonds is 5. The molecule has 0 spiro atoms. The number of fused-ring (bicyclic) bond motifs is 2. The summed E-state index contributed by atoms with van der Waals surface area (Å²) < 4.78 is 2.11. The zero-order chi connectivity index (χ0) is 14.4. The average Bonchev–Trinajstić information content (AvgIpc) is 3.12. The summed E-state index contributed by atoms with van der Waals surface area (Å²) in [4.78, 5) is 0. The van der Waals surface area contributed by atoms with E-state index in [9.17, 15) is 0 Å². The molecule has 3 rings (SSSR count). The van der Waals surface area contributed by atoms with Gasteiger partial charge < -0.3 is 0 Å². The predicted octanol–water partition coefficient (Wildman–Crippen LogP) is 4.54. The molecule has 0 amide bonds. The smallest absolute Gasteiger partial charge is 0.0689 e. The van der Waals surface area contributed by atoms with E-state index in [1.807, 2.05) is 0 Å². The summed E-state index contributed by atoms with van der Waals surface area (Å²) in [6.45, 7) is 8.88. The molecular weight excluding hydrogens is 244 g/mol. The molecule has 0 radical (unpaired) electrons. The van der Waals surface area contributed by atoms with Crippen molar-refractivity contribution in [2.24, 2.45) is 12.5 Å². The van der Waals surface area contributed by atoms with Crippen LogP contribution >= 0.6 is 0 Å². The second-order valence-corrected chi connectivity index (χ2v) is 7.09. The Morgan fingerprint density at radius 1 is 1.30 bits per heavy atom. The van der Waals surface area contributed by atoms with Crippen molar-refractivity contribution in [1.29, 1.82) is 0 Å².